The molecule has 0 amide bonds. The second kappa shape index (κ2) is 5.71. The van der Waals surface area contributed by atoms with Crippen LogP contribution in [0.1, 0.15) is 19.4 Å². The van der Waals surface area contributed by atoms with Crippen molar-refractivity contribution in [3.8, 4) is 0 Å². The smallest absolute Gasteiger partial charge is 0.132 e. The molecule has 1 rings (SSSR count). The highest BCUT2D eigenvalue weighted by Crippen LogP contribution is 2.13. The third kappa shape index (κ3) is 3.88. The number of hydrogen-bond donors (Lipinski definition) is 1. The molecule has 0 saturated carbocycles. The third-order valence-electron chi connectivity index (χ3n) is 2.16. The fraction of sp³-hybridized carbons (Fsp3) is 0.583. The molecule has 0 radical (unpaired) electrons. The van der Waals surface area contributed by atoms with Crippen LogP contribution in [0.2, 0.25) is 0 Å². The highest BCUT2D eigenvalue weighted by molar-refractivity contribution is 5.44. The molecule has 15 heavy (non-hydrogen) atoms. The van der Waals surface area contributed by atoms with Gasteiger partial charge in [-0.1, -0.05) is 19.9 Å². The van der Waals surface area contributed by atoms with Crippen LogP contribution in [0.4, 0.5) is 5.82 Å². The maximum absolute atomic E-state index is 4.36. The van der Waals surface area contributed by atoms with Gasteiger partial charge < -0.3 is 10.2 Å². The topological polar surface area (TPSA) is 28.2 Å². The molecule has 1 aromatic rings. The van der Waals surface area contributed by atoms with Gasteiger partial charge in [0.25, 0.3) is 0 Å². The fourth-order valence-electron chi connectivity index (χ4n) is 1.47. The molecule has 0 fully saturated rings. The average molecular weight is 207 g/mol. The summed E-state index contributed by atoms with van der Waals surface area (Å²) in [6, 6.07) is 4.11. The second-order valence-corrected chi connectivity index (χ2v) is 4.41. The van der Waals surface area contributed by atoms with Gasteiger partial charge in [0.1, 0.15) is 5.82 Å². The van der Waals surface area contributed by atoms with Crippen LogP contribution in [-0.2, 0) is 6.54 Å². The van der Waals surface area contributed by atoms with E-state index < -0.39 is 0 Å². The molecule has 3 nitrogen and oxygen atoms in total. The normalized spacial score (nSPS) is 10.7. The minimum Gasteiger partial charge on any atom is -0.362 e. The highest BCUT2D eigenvalue weighted by Gasteiger charge is 2.04. The van der Waals surface area contributed by atoms with E-state index in [4.69, 9.17) is 0 Å². The van der Waals surface area contributed by atoms with Gasteiger partial charge in [0.05, 0.1) is 0 Å². The molecule has 0 aliphatic rings. The zero-order valence-corrected chi connectivity index (χ0v) is 10.1. The SMILES string of the molecule is CC(C)CNCc1cccnc1N(C)C. The van der Waals surface area contributed by atoms with E-state index in [-0.39, 0.29) is 0 Å². The lowest BCUT2D eigenvalue weighted by Gasteiger charge is -2.16. The molecule has 0 unspecified atom stereocenters. The van der Waals surface area contributed by atoms with Gasteiger partial charge in [-0.15, -0.1) is 0 Å². The van der Waals surface area contributed by atoms with E-state index in [1.54, 1.807) is 0 Å². The van der Waals surface area contributed by atoms with Crippen LogP contribution in [0, 0.1) is 5.92 Å². The van der Waals surface area contributed by atoms with Crippen molar-refractivity contribution in [3.63, 3.8) is 0 Å². The zero-order valence-electron chi connectivity index (χ0n) is 10.1. The van der Waals surface area contributed by atoms with E-state index >= 15 is 0 Å². The fourth-order valence-corrected chi connectivity index (χ4v) is 1.47. The van der Waals surface area contributed by atoms with Gasteiger partial charge in [-0.3, -0.25) is 0 Å². The number of anilines is 1. The molecular formula is C12H21N3. The molecule has 0 bridgehead atoms. The summed E-state index contributed by atoms with van der Waals surface area (Å²) in [4.78, 5) is 6.41. The number of nitrogens with zero attached hydrogens (tertiary/aromatic N) is 2. The van der Waals surface area contributed by atoms with Crippen molar-refractivity contribution in [1.29, 1.82) is 0 Å². The molecule has 0 aliphatic heterocycles. The van der Waals surface area contributed by atoms with E-state index in [9.17, 15) is 0 Å². The van der Waals surface area contributed by atoms with Crippen molar-refractivity contribution in [3.05, 3.63) is 23.9 Å². The van der Waals surface area contributed by atoms with E-state index in [1.807, 2.05) is 31.3 Å². The van der Waals surface area contributed by atoms with Crippen molar-refractivity contribution in [2.75, 3.05) is 25.5 Å². The Morgan fingerprint density at radius 1 is 1.40 bits per heavy atom. The van der Waals surface area contributed by atoms with Gasteiger partial charge in [-0.25, -0.2) is 4.98 Å². The monoisotopic (exact) mass is 207 g/mol. The predicted octanol–water partition coefficient (Wildman–Crippen LogP) is 1.89. The lowest BCUT2D eigenvalue weighted by Crippen LogP contribution is -2.21. The molecule has 1 heterocycles. The van der Waals surface area contributed by atoms with Crippen molar-refractivity contribution in [2.45, 2.75) is 20.4 Å². The van der Waals surface area contributed by atoms with E-state index in [2.05, 4.69) is 30.2 Å². The number of aromatic nitrogens is 1. The zero-order chi connectivity index (χ0) is 11.3. The Hall–Kier alpha value is -1.09. The van der Waals surface area contributed by atoms with Gasteiger partial charge in [-0.05, 0) is 18.5 Å². The van der Waals surface area contributed by atoms with Crippen LogP contribution in [0.5, 0.6) is 0 Å². The molecule has 1 aromatic heterocycles. The Bertz CT molecular complexity index is 295. The van der Waals surface area contributed by atoms with Crippen molar-refractivity contribution in [2.24, 2.45) is 5.92 Å². The van der Waals surface area contributed by atoms with Crippen LogP contribution in [0.3, 0.4) is 0 Å². The lowest BCUT2D eigenvalue weighted by atomic mass is 10.2. The number of hydrogen-bond acceptors (Lipinski definition) is 3. The lowest BCUT2D eigenvalue weighted by molar-refractivity contribution is 0.552. The van der Waals surface area contributed by atoms with E-state index in [0.717, 1.165) is 18.9 Å². The van der Waals surface area contributed by atoms with Crippen LogP contribution >= 0.6 is 0 Å². The van der Waals surface area contributed by atoms with Crippen molar-refractivity contribution in [1.82, 2.24) is 10.3 Å². The van der Waals surface area contributed by atoms with Gasteiger partial charge in [0, 0.05) is 32.4 Å². The largest absolute Gasteiger partial charge is 0.362 e. The Kier molecular flexibility index (Phi) is 4.56. The van der Waals surface area contributed by atoms with Gasteiger partial charge in [0.15, 0.2) is 0 Å². The van der Waals surface area contributed by atoms with Crippen LogP contribution in [0.15, 0.2) is 18.3 Å². The third-order valence-corrected chi connectivity index (χ3v) is 2.16. The second-order valence-electron chi connectivity index (χ2n) is 4.41. The first kappa shape index (κ1) is 12.0. The Morgan fingerprint density at radius 3 is 2.73 bits per heavy atom. The molecule has 0 aromatic carbocycles. The van der Waals surface area contributed by atoms with Crippen LogP contribution < -0.4 is 10.2 Å². The Balaban J connectivity index is 2.59. The van der Waals surface area contributed by atoms with E-state index in [0.29, 0.717) is 5.92 Å². The maximum atomic E-state index is 4.36. The number of pyridine rings is 1. The molecule has 1 N–H and O–H groups in total. The molecule has 3 heteroatoms. The van der Waals surface area contributed by atoms with E-state index in [1.165, 1.54) is 5.56 Å². The molecule has 0 atom stereocenters. The first-order valence-corrected chi connectivity index (χ1v) is 5.43. The van der Waals surface area contributed by atoms with Gasteiger partial charge >= 0.3 is 0 Å². The summed E-state index contributed by atoms with van der Waals surface area (Å²) in [6.45, 7) is 6.35. The van der Waals surface area contributed by atoms with Gasteiger partial charge in [-0.2, -0.15) is 0 Å². The van der Waals surface area contributed by atoms with Crippen molar-refractivity contribution < 1.29 is 0 Å². The number of nitrogens with one attached hydrogen (secondary N) is 1. The first-order valence-electron chi connectivity index (χ1n) is 5.43. The summed E-state index contributed by atoms with van der Waals surface area (Å²) in [7, 11) is 4.04. The average Bonchev–Trinajstić information content (AvgIpc) is 2.17. The van der Waals surface area contributed by atoms with Crippen molar-refractivity contribution >= 4 is 5.82 Å². The number of rotatable bonds is 5. The Morgan fingerprint density at radius 2 is 2.13 bits per heavy atom. The van der Waals surface area contributed by atoms with Crippen LogP contribution in [-0.4, -0.2) is 25.6 Å². The quantitative estimate of drug-likeness (QED) is 0.799. The maximum Gasteiger partial charge on any atom is 0.132 e. The molecule has 0 spiro atoms. The summed E-state index contributed by atoms with van der Waals surface area (Å²) in [6.07, 6.45) is 1.83. The molecule has 84 valence electrons. The van der Waals surface area contributed by atoms with Crippen LogP contribution in [0.25, 0.3) is 0 Å². The first-order chi connectivity index (χ1) is 7.11. The molecular weight excluding hydrogens is 186 g/mol. The minimum atomic E-state index is 0.685. The predicted molar refractivity (Wildman–Crippen MR) is 65.1 cm³/mol. The standard InChI is InChI=1S/C12H21N3/c1-10(2)8-13-9-11-6-5-7-14-12(11)15(3)4/h5-7,10,13H,8-9H2,1-4H3. The summed E-state index contributed by atoms with van der Waals surface area (Å²) >= 11 is 0. The minimum absolute atomic E-state index is 0.685. The summed E-state index contributed by atoms with van der Waals surface area (Å²) in [5.74, 6) is 1.73. The highest BCUT2D eigenvalue weighted by atomic mass is 15.1. The van der Waals surface area contributed by atoms with Gasteiger partial charge in [0.2, 0.25) is 0 Å². The summed E-state index contributed by atoms with van der Waals surface area (Å²) in [5.41, 5.74) is 1.25. The molecule has 0 saturated heterocycles. The summed E-state index contributed by atoms with van der Waals surface area (Å²) in [5, 5.41) is 3.43. The Labute approximate surface area is 92.5 Å². The summed E-state index contributed by atoms with van der Waals surface area (Å²) < 4.78 is 0. The molecule has 0 aliphatic carbocycles.